The Morgan fingerprint density at radius 2 is 1.78 bits per heavy atom. The van der Waals surface area contributed by atoms with Crippen LogP contribution in [0.15, 0.2) is 24.3 Å². The highest BCUT2D eigenvalue weighted by Gasteiger charge is 2.17. The summed E-state index contributed by atoms with van der Waals surface area (Å²) in [5.41, 5.74) is 8.03. The largest absolute Gasteiger partial charge is 0.397 e. The highest BCUT2D eigenvalue weighted by atomic mass is 16.2. The van der Waals surface area contributed by atoms with Crippen molar-refractivity contribution in [2.24, 2.45) is 0 Å². The van der Waals surface area contributed by atoms with Gasteiger partial charge >= 0.3 is 0 Å². The number of hydrogen-bond donors (Lipinski definition) is 2. The molecular weight excluding hydrogens is 226 g/mol. The molecular formula is C14H23N3O. The van der Waals surface area contributed by atoms with Crippen LogP contribution in [0.5, 0.6) is 0 Å². The average Bonchev–Trinajstić information content (AvgIpc) is 2.41. The van der Waals surface area contributed by atoms with Gasteiger partial charge < -0.3 is 15.7 Å². The number of para-hydroxylation sites is 2. The summed E-state index contributed by atoms with van der Waals surface area (Å²) >= 11 is 0. The molecule has 0 saturated carbocycles. The fraction of sp³-hybridized carbons (Fsp3) is 0.571. The van der Waals surface area contributed by atoms with Crippen molar-refractivity contribution in [2.45, 2.75) is 12.8 Å². The Kier molecular flexibility index (Phi) is 4.84. The third-order valence-corrected chi connectivity index (χ3v) is 3.53. The molecule has 1 aromatic carbocycles. The number of piperazine rings is 1. The van der Waals surface area contributed by atoms with Crippen molar-refractivity contribution in [2.75, 3.05) is 50.0 Å². The normalized spacial score (nSPS) is 17.1. The van der Waals surface area contributed by atoms with Gasteiger partial charge in [0.05, 0.1) is 11.4 Å². The van der Waals surface area contributed by atoms with Crippen LogP contribution in [0.25, 0.3) is 0 Å². The molecule has 0 atom stereocenters. The molecule has 4 heteroatoms. The second-order valence-electron chi connectivity index (χ2n) is 4.82. The number of benzene rings is 1. The molecule has 0 aliphatic carbocycles. The van der Waals surface area contributed by atoms with E-state index < -0.39 is 0 Å². The van der Waals surface area contributed by atoms with Gasteiger partial charge in [-0.3, -0.25) is 4.90 Å². The van der Waals surface area contributed by atoms with Crippen molar-refractivity contribution in [1.82, 2.24) is 4.90 Å². The Hall–Kier alpha value is -1.26. The smallest absolute Gasteiger partial charge is 0.0600 e. The number of anilines is 2. The third kappa shape index (κ3) is 3.37. The molecule has 0 bridgehead atoms. The number of aliphatic hydroxyl groups is 1. The van der Waals surface area contributed by atoms with Crippen LogP contribution in [0.4, 0.5) is 11.4 Å². The number of rotatable bonds is 5. The van der Waals surface area contributed by atoms with Gasteiger partial charge in [-0.1, -0.05) is 12.1 Å². The standard InChI is InChI=1S/C14H23N3O/c15-13-5-1-2-6-14(13)17-10-8-16(9-11-17)7-3-4-12-18/h1-2,5-6,18H,3-4,7-12,15H2. The van der Waals surface area contributed by atoms with Crippen molar-refractivity contribution >= 4 is 11.4 Å². The lowest BCUT2D eigenvalue weighted by atomic mass is 10.2. The van der Waals surface area contributed by atoms with Crippen LogP contribution in [0, 0.1) is 0 Å². The molecule has 0 aromatic heterocycles. The molecule has 1 saturated heterocycles. The fourth-order valence-corrected chi connectivity index (χ4v) is 2.44. The minimum Gasteiger partial charge on any atom is -0.397 e. The lowest BCUT2D eigenvalue weighted by Crippen LogP contribution is -2.46. The summed E-state index contributed by atoms with van der Waals surface area (Å²) in [5.74, 6) is 0. The maximum Gasteiger partial charge on any atom is 0.0600 e. The second kappa shape index (κ2) is 6.61. The van der Waals surface area contributed by atoms with Gasteiger partial charge in [-0.25, -0.2) is 0 Å². The van der Waals surface area contributed by atoms with Crippen molar-refractivity contribution in [3.63, 3.8) is 0 Å². The Labute approximate surface area is 109 Å². The van der Waals surface area contributed by atoms with Crippen LogP contribution in [0.3, 0.4) is 0 Å². The molecule has 1 heterocycles. The third-order valence-electron chi connectivity index (χ3n) is 3.53. The van der Waals surface area contributed by atoms with E-state index in [9.17, 15) is 0 Å². The van der Waals surface area contributed by atoms with E-state index in [1.807, 2.05) is 18.2 Å². The van der Waals surface area contributed by atoms with Crippen LogP contribution in [-0.2, 0) is 0 Å². The zero-order valence-electron chi connectivity index (χ0n) is 10.9. The molecule has 4 nitrogen and oxygen atoms in total. The molecule has 100 valence electrons. The van der Waals surface area contributed by atoms with E-state index >= 15 is 0 Å². The van der Waals surface area contributed by atoms with E-state index in [1.54, 1.807) is 0 Å². The number of nitrogen functional groups attached to an aromatic ring is 1. The number of hydrogen-bond acceptors (Lipinski definition) is 4. The Balaban J connectivity index is 1.81. The average molecular weight is 249 g/mol. The molecule has 1 aliphatic heterocycles. The zero-order chi connectivity index (χ0) is 12.8. The minimum atomic E-state index is 0.306. The monoisotopic (exact) mass is 249 g/mol. The van der Waals surface area contributed by atoms with Crippen LogP contribution in [-0.4, -0.2) is 49.3 Å². The molecule has 0 spiro atoms. The molecule has 0 amide bonds. The van der Waals surface area contributed by atoms with Gasteiger partial charge in [-0.05, 0) is 31.5 Å². The van der Waals surface area contributed by atoms with E-state index in [2.05, 4.69) is 15.9 Å². The SMILES string of the molecule is Nc1ccccc1N1CCN(CCCCO)CC1. The predicted molar refractivity (Wildman–Crippen MR) is 75.8 cm³/mol. The summed E-state index contributed by atoms with van der Waals surface area (Å²) in [4.78, 5) is 4.82. The summed E-state index contributed by atoms with van der Waals surface area (Å²) in [6, 6.07) is 8.07. The van der Waals surface area contributed by atoms with E-state index in [1.165, 1.54) is 0 Å². The van der Waals surface area contributed by atoms with Crippen LogP contribution >= 0.6 is 0 Å². The van der Waals surface area contributed by atoms with Gasteiger partial charge in [0.1, 0.15) is 0 Å². The highest BCUT2D eigenvalue weighted by Crippen LogP contribution is 2.23. The second-order valence-corrected chi connectivity index (χ2v) is 4.82. The molecule has 2 rings (SSSR count). The summed E-state index contributed by atoms with van der Waals surface area (Å²) in [6.45, 7) is 5.64. The molecule has 0 unspecified atom stereocenters. The Bertz CT molecular complexity index is 362. The van der Waals surface area contributed by atoms with Gasteiger partial charge in [0, 0.05) is 32.8 Å². The first-order valence-corrected chi connectivity index (χ1v) is 6.74. The first kappa shape index (κ1) is 13.2. The molecule has 1 aromatic rings. The Morgan fingerprint density at radius 1 is 1.06 bits per heavy atom. The Morgan fingerprint density at radius 3 is 2.44 bits per heavy atom. The molecule has 0 radical (unpaired) electrons. The van der Waals surface area contributed by atoms with Crippen molar-refractivity contribution in [3.05, 3.63) is 24.3 Å². The molecule has 3 N–H and O–H groups in total. The van der Waals surface area contributed by atoms with E-state index in [0.717, 1.165) is 56.9 Å². The number of unbranched alkanes of at least 4 members (excludes halogenated alkanes) is 1. The maximum absolute atomic E-state index is 8.78. The maximum atomic E-state index is 8.78. The van der Waals surface area contributed by atoms with Crippen LogP contribution in [0.2, 0.25) is 0 Å². The van der Waals surface area contributed by atoms with Gasteiger partial charge in [-0.2, -0.15) is 0 Å². The molecule has 1 fully saturated rings. The molecule has 1 aliphatic rings. The quantitative estimate of drug-likeness (QED) is 0.607. The van der Waals surface area contributed by atoms with Crippen molar-refractivity contribution < 1.29 is 5.11 Å². The van der Waals surface area contributed by atoms with Crippen molar-refractivity contribution in [3.8, 4) is 0 Å². The van der Waals surface area contributed by atoms with Gasteiger partial charge in [0.15, 0.2) is 0 Å². The first-order valence-electron chi connectivity index (χ1n) is 6.74. The zero-order valence-corrected chi connectivity index (χ0v) is 10.9. The van der Waals surface area contributed by atoms with Gasteiger partial charge in [-0.15, -0.1) is 0 Å². The number of aliphatic hydroxyl groups excluding tert-OH is 1. The van der Waals surface area contributed by atoms with Crippen LogP contribution in [0.1, 0.15) is 12.8 Å². The molecule has 18 heavy (non-hydrogen) atoms. The highest BCUT2D eigenvalue weighted by molar-refractivity contribution is 5.67. The minimum absolute atomic E-state index is 0.306. The predicted octanol–water partition coefficient (Wildman–Crippen LogP) is 1.16. The summed E-state index contributed by atoms with van der Waals surface area (Å²) in [7, 11) is 0. The number of nitrogens with two attached hydrogens (primary N) is 1. The summed E-state index contributed by atoms with van der Waals surface area (Å²) in [5, 5.41) is 8.78. The van der Waals surface area contributed by atoms with Crippen LogP contribution < -0.4 is 10.6 Å². The first-order chi connectivity index (χ1) is 8.81. The lowest BCUT2D eigenvalue weighted by molar-refractivity contribution is 0.232. The number of nitrogens with zero attached hydrogens (tertiary/aromatic N) is 2. The topological polar surface area (TPSA) is 52.7 Å². The van der Waals surface area contributed by atoms with Gasteiger partial charge in [0.2, 0.25) is 0 Å². The van der Waals surface area contributed by atoms with Gasteiger partial charge in [0.25, 0.3) is 0 Å². The van der Waals surface area contributed by atoms with E-state index in [4.69, 9.17) is 10.8 Å². The summed E-state index contributed by atoms with van der Waals surface area (Å²) < 4.78 is 0. The lowest BCUT2D eigenvalue weighted by Gasteiger charge is -2.36. The van der Waals surface area contributed by atoms with E-state index in [-0.39, 0.29) is 0 Å². The van der Waals surface area contributed by atoms with E-state index in [0.29, 0.717) is 6.61 Å². The fourth-order valence-electron chi connectivity index (χ4n) is 2.44. The summed E-state index contributed by atoms with van der Waals surface area (Å²) in [6.07, 6.45) is 2.00. The van der Waals surface area contributed by atoms with Crippen molar-refractivity contribution in [1.29, 1.82) is 0 Å².